The average molecular weight is 366 g/mol. The Balaban J connectivity index is 1.51. The van der Waals surface area contributed by atoms with Crippen LogP contribution in [0.25, 0.3) is 11.2 Å². The standard InChI is InChI=1S/C16H14N8O3/c25-14(26)9-1-2-11-13(20-9)24(8-3-4-23(11)6-8)16(27)22-15-17-5-10-12(21-15)19-7-18-10/h1-2,5,7-8H,3-4,6H2,(H,25,26)(H2,17,18,19,21,22,27). The number of fused-ring (bicyclic) bond motifs is 5. The van der Waals surface area contributed by atoms with Gasteiger partial charge in [-0.05, 0) is 18.6 Å². The van der Waals surface area contributed by atoms with Gasteiger partial charge in [-0.3, -0.25) is 10.2 Å². The van der Waals surface area contributed by atoms with Gasteiger partial charge in [-0.2, -0.15) is 4.98 Å². The molecule has 0 saturated carbocycles. The highest BCUT2D eigenvalue weighted by molar-refractivity contribution is 6.04. The number of hydrogen-bond donors (Lipinski definition) is 3. The quantitative estimate of drug-likeness (QED) is 0.612. The Labute approximate surface area is 152 Å². The molecule has 5 rings (SSSR count). The molecular weight excluding hydrogens is 352 g/mol. The molecule has 0 spiro atoms. The zero-order valence-corrected chi connectivity index (χ0v) is 14.0. The third-order valence-electron chi connectivity index (χ3n) is 4.78. The molecule has 1 atom stereocenters. The zero-order valence-electron chi connectivity index (χ0n) is 14.0. The molecule has 2 bridgehead atoms. The number of aromatic carboxylic acids is 1. The van der Waals surface area contributed by atoms with E-state index in [0.29, 0.717) is 23.5 Å². The van der Waals surface area contributed by atoms with Gasteiger partial charge < -0.3 is 15.0 Å². The molecule has 0 aliphatic carbocycles. The summed E-state index contributed by atoms with van der Waals surface area (Å²) in [5.74, 6) is -0.684. The molecule has 11 heteroatoms. The van der Waals surface area contributed by atoms with Gasteiger partial charge in [0.15, 0.2) is 17.2 Å². The fourth-order valence-corrected chi connectivity index (χ4v) is 3.54. The van der Waals surface area contributed by atoms with Gasteiger partial charge in [-0.25, -0.2) is 24.5 Å². The summed E-state index contributed by atoms with van der Waals surface area (Å²) in [4.78, 5) is 47.3. The molecule has 1 fully saturated rings. The van der Waals surface area contributed by atoms with Gasteiger partial charge >= 0.3 is 12.0 Å². The largest absolute Gasteiger partial charge is 0.477 e. The molecule has 1 unspecified atom stereocenters. The van der Waals surface area contributed by atoms with Gasteiger partial charge in [-0.1, -0.05) is 0 Å². The van der Waals surface area contributed by atoms with Crippen molar-refractivity contribution in [2.24, 2.45) is 0 Å². The first-order chi connectivity index (χ1) is 13.1. The Morgan fingerprint density at radius 2 is 2.15 bits per heavy atom. The molecule has 0 radical (unpaired) electrons. The Morgan fingerprint density at radius 1 is 1.26 bits per heavy atom. The first-order valence-electron chi connectivity index (χ1n) is 8.36. The third kappa shape index (κ3) is 2.43. The molecule has 2 aliphatic rings. The monoisotopic (exact) mass is 366 g/mol. The van der Waals surface area contributed by atoms with Crippen LogP contribution in [0.3, 0.4) is 0 Å². The minimum absolute atomic E-state index is 0.0943. The number of carbonyl (C=O) groups is 2. The fourth-order valence-electron chi connectivity index (χ4n) is 3.54. The van der Waals surface area contributed by atoms with Gasteiger partial charge in [-0.15, -0.1) is 0 Å². The third-order valence-corrected chi connectivity index (χ3v) is 4.78. The molecule has 11 nitrogen and oxygen atoms in total. The normalized spacial score (nSPS) is 17.9. The van der Waals surface area contributed by atoms with Crippen LogP contribution in [0, 0.1) is 0 Å². The van der Waals surface area contributed by atoms with Gasteiger partial charge in [0.25, 0.3) is 0 Å². The van der Waals surface area contributed by atoms with Gasteiger partial charge in [0.1, 0.15) is 5.52 Å². The van der Waals surface area contributed by atoms with Gasteiger partial charge in [0, 0.05) is 13.1 Å². The number of pyridine rings is 1. The molecular formula is C16H14N8O3. The van der Waals surface area contributed by atoms with Crippen molar-refractivity contribution in [2.45, 2.75) is 12.5 Å². The highest BCUT2D eigenvalue weighted by atomic mass is 16.4. The van der Waals surface area contributed by atoms with E-state index in [1.807, 2.05) is 0 Å². The van der Waals surface area contributed by atoms with E-state index in [1.54, 1.807) is 6.07 Å². The number of urea groups is 1. The summed E-state index contributed by atoms with van der Waals surface area (Å²) in [6.07, 6.45) is 3.80. The predicted molar refractivity (Wildman–Crippen MR) is 95.0 cm³/mol. The van der Waals surface area contributed by atoms with Crippen molar-refractivity contribution in [3.8, 4) is 0 Å². The number of H-pyrrole nitrogens is 1. The van der Waals surface area contributed by atoms with E-state index in [0.717, 1.165) is 18.7 Å². The molecule has 2 amide bonds. The van der Waals surface area contributed by atoms with Crippen molar-refractivity contribution in [1.82, 2.24) is 24.9 Å². The second-order valence-electron chi connectivity index (χ2n) is 6.37. The fraction of sp³-hybridized carbons (Fsp3) is 0.250. The minimum Gasteiger partial charge on any atom is -0.477 e. The number of aromatic nitrogens is 5. The van der Waals surface area contributed by atoms with Gasteiger partial charge in [0.05, 0.1) is 24.3 Å². The summed E-state index contributed by atoms with van der Waals surface area (Å²) < 4.78 is 0. The van der Waals surface area contributed by atoms with E-state index >= 15 is 0 Å². The van der Waals surface area contributed by atoms with E-state index in [4.69, 9.17) is 0 Å². The number of rotatable bonds is 2. The molecule has 136 valence electrons. The Bertz CT molecular complexity index is 1080. The summed E-state index contributed by atoms with van der Waals surface area (Å²) in [6, 6.07) is 2.60. The zero-order chi connectivity index (χ0) is 18.5. The summed E-state index contributed by atoms with van der Waals surface area (Å²) in [5.41, 5.74) is 1.74. The number of amides is 2. The van der Waals surface area contributed by atoms with Crippen molar-refractivity contribution >= 4 is 40.6 Å². The van der Waals surface area contributed by atoms with E-state index in [-0.39, 0.29) is 17.7 Å². The van der Waals surface area contributed by atoms with Crippen LogP contribution in [0.1, 0.15) is 16.9 Å². The Hall–Kier alpha value is -3.76. The first-order valence-corrected chi connectivity index (χ1v) is 8.36. The van der Waals surface area contributed by atoms with Crippen LogP contribution in [0.15, 0.2) is 24.7 Å². The topological polar surface area (TPSA) is 140 Å². The molecule has 1 saturated heterocycles. The van der Waals surface area contributed by atoms with Crippen LogP contribution in [0.4, 0.5) is 22.2 Å². The Kier molecular flexibility index (Phi) is 3.23. The lowest BCUT2D eigenvalue weighted by atomic mass is 10.2. The van der Waals surface area contributed by atoms with Crippen LogP contribution in [-0.4, -0.2) is 61.2 Å². The average Bonchev–Trinajstić information content (AvgIpc) is 3.29. The van der Waals surface area contributed by atoms with Crippen molar-refractivity contribution < 1.29 is 14.7 Å². The lowest BCUT2D eigenvalue weighted by Crippen LogP contribution is -2.48. The molecule has 3 aromatic rings. The SMILES string of the molecule is O=C(O)c1ccc2c(n1)N(C(=O)Nc1ncc3[nH]cnc3n1)C1CCN2C1. The number of imidazole rings is 1. The van der Waals surface area contributed by atoms with Crippen molar-refractivity contribution in [2.75, 3.05) is 28.2 Å². The van der Waals surface area contributed by atoms with Crippen LogP contribution in [0.2, 0.25) is 0 Å². The summed E-state index contributed by atoms with van der Waals surface area (Å²) in [6.45, 7) is 1.46. The van der Waals surface area contributed by atoms with Crippen LogP contribution < -0.4 is 15.1 Å². The molecule has 27 heavy (non-hydrogen) atoms. The van der Waals surface area contributed by atoms with E-state index < -0.39 is 12.0 Å². The predicted octanol–water partition coefficient (Wildman–Crippen LogP) is 1.08. The van der Waals surface area contributed by atoms with Crippen LogP contribution in [-0.2, 0) is 0 Å². The Morgan fingerprint density at radius 3 is 3.00 bits per heavy atom. The van der Waals surface area contributed by atoms with E-state index in [1.165, 1.54) is 23.5 Å². The van der Waals surface area contributed by atoms with Crippen LogP contribution >= 0.6 is 0 Å². The van der Waals surface area contributed by atoms with Crippen molar-refractivity contribution in [3.05, 3.63) is 30.4 Å². The van der Waals surface area contributed by atoms with E-state index in [9.17, 15) is 14.7 Å². The van der Waals surface area contributed by atoms with Crippen LogP contribution in [0.5, 0.6) is 0 Å². The van der Waals surface area contributed by atoms with Crippen molar-refractivity contribution in [3.63, 3.8) is 0 Å². The number of hydrogen-bond acceptors (Lipinski definition) is 7. The second-order valence-corrected chi connectivity index (χ2v) is 6.37. The maximum Gasteiger partial charge on any atom is 0.354 e. The maximum absolute atomic E-state index is 13.0. The number of carboxylic acids is 1. The first kappa shape index (κ1) is 15.5. The number of anilines is 3. The molecule has 3 N–H and O–H groups in total. The molecule has 0 aromatic carbocycles. The molecule has 3 aromatic heterocycles. The summed E-state index contributed by atoms with van der Waals surface area (Å²) in [5, 5.41) is 11.9. The maximum atomic E-state index is 13.0. The highest BCUT2D eigenvalue weighted by Crippen LogP contribution is 2.39. The number of nitrogens with one attached hydrogen (secondary N) is 2. The van der Waals surface area contributed by atoms with Gasteiger partial charge in [0.2, 0.25) is 5.95 Å². The van der Waals surface area contributed by atoms with Crippen molar-refractivity contribution in [1.29, 1.82) is 0 Å². The lowest BCUT2D eigenvalue weighted by molar-refractivity contribution is 0.0690. The molecule has 2 aliphatic heterocycles. The van der Waals surface area contributed by atoms with E-state index in [2.05, 4.69) is 35.1 Å². The minimum atomic E-state index is -1.14. The lowest BCUT2D eigenvalue weighted by Gasteiger charge is -2.35. The number of carboxylic acid groups (broad SMARTS) is 1. The summed E-state index contributed by atoms with van der Waals surface area (Å²) >= 11 is 0. The second kappa shape index (κ2) is 5.62. The summed E-state index contributed by atoms with van der Waals surface area (Å²) in [7, 11) is 0. The number of aromatic amines is 1. The number of carbonyl (C=O) groups excluding carboxylic acids is 1. The number of nitrogens with zero attached hydrogens (tertiary/aromatic N) is 6. The molecule has 5 heterocycles. The highest BCUT2D eigenvalue weighted by Gasteiger charge is 2.40. The smallest absolute Gasteiger partial charge is 0.354 e.